The molecule has 0 radical (unpaired) electrons. The molecule has 0 atom stereocenters. The summed E-state index contributed by atoms with van der Waals surface area (Å²) in [7, 11) is -5.78. The lowest BCUT2D eigenvalue weighted by molar-refractivity contribution is 0.233. The molecule has 0 unspecified atom stereocenters. The fourth-order valence-electron chi connectivity index (χ4n) is 2.81. The molecule has 0 saturated heterocycles. The molecule has 0 bridgehead atoms. The Kier molecular flexibility index (Phi) is 7.73. The van der Waals surface area contributed by atoms with Gasteiger partial charge in [0.25, 0.3) is 0 Å². The number of hydrogen-bond acceptors (Lipinski definition) is 3. The van der Waals surface area contributed by atoms with E-state index >= 15 is 0 Å². The molecule has 3 nitrogen and oxygen atoms in total. The first-order valence-corrected chi connectivity index (χ1v) is 18.0. The number of rotatable bonds is 7. The summed E-state index contributed by atoms with van der Waals surface area (Å²) >= 11 is 0. The van der Waals surface area contributed by atoms with Crippen molar-refractivity contribution in [2.75, 3.05) is 0 Å². The molecule has 0 aliphatic heterocycles. The normalized spacial score (nSPS) is 18.8. The Morgan fingerprint density at radius 1 is 0.684 bits per heavy atom. The van der Waals surface area contributed by atoms with Crippen molar-refractivity contribution in [1.82, 2.24) is 0 Å². The molecular weight excluding hydrogens is 304 g/mol. The molecule has 1 rings (SSSR count). The Balaban J connectivity index is 2.92. The predicted molar refractivity (Wildman–Crippen MR) is 92.5 cm³/mol. The van der Waals surface area contributed by atoms with Gasteiger partial charge in [-0.15, -0.1) is 0 Å². The van der Waals surface area contributed by atoms with Gasteiger partial charge in [0.05, 0.1) is 0 Å². The summed E-state index contributed by atoms with van der Waals surface area (Å²) in [6.45, 7) is 13.5. The summed E-state index contributed by atoms with van der Waals surface area (Å²) in [5, 5.41) is 0. The lowest BCUT2D eigenvalue weighted by Gasteiger charge is -2.42. The highest BCUT2D eigenvalue weighted by Gasteiger charge is 2.50. The van der Waals surface area contributed by atoms with Crippen LogP contribution >= 0.6 is 0 Å². The van der Waals surface area contributed by atoms with Crippen molar-refractivity contribution in [1.29, 1.82) is 0 Å². The van der Waals surface area contributed by atoms with Crippen molar-refractivity contribution in [3.05, 3.63) is 0 Å². The maximum Gasteiger partial charge on any atom is 0.472 e. The van der Waals surface area contributed by atoms with Crippen molar-refractivity contribution in [2.45, 2.75) is 76.9 Å². The Hall–Kier alpha value is 0.748. The van der Waals surface area contributed by atoms with E-state index in [1.807, 2.05) is 0 Å². The average Bonchev–Trinajstić information content (AvgIpc) is 2.27. The zero-order valence-electron chi connectivity index (χ0n) is 13.6. The van der Waals surface area contributed by atoms with E-state index in [9.17, 15) is 0 Å². The Bertz CT molecular complexity index is 229. The fraction of sp³-hybridized carbons (Fsp3) is 1.00. The van der Waals surface area contributed by atoms with Crippen LogP contribution in [0.3, 0.4) is 0 Å². The van der Waals surface area contributed by atoms with Crippen molar-refractivity contribution < 1.29 is 12.3 Å². The molecule has 0 aromatic carbocycles. The molecule has 1 fully saturated rings. The van der Waals surface area contributed by atoms with Gasteiger partial charge >= 0.3 is 8.80 Å². The number of hydrogen-bond donors (Lipinski definition) is 0. The molecule has 0 amide bonds. The Labute approximate surface area is 125 Å². The maximum absolute atomic E-state index is 6.50. The Morgan fingerprint density at radius 3 is 1.37 bits per heavy atom. The largest absolute Gasteiger partial charge is 0.472 e. The van der Waals surface area contributed by atoms with Gasteiger partial charge in [-0.25, -0.2) is 0 Å². The van der Waals surface area contributed by atoms with E-state index in [0.29, 0.717) is 5.54 Å². The molecular formula is C12H32O3Si4. The Morgan fingerprint density at radius 2 is 1.05 bits per heavy atom. The van der Waals surface area contributed by atoms with Crippen molar-refractivity contribution in [2.24, 2.45) is 0 Å². The lowest BCUT2D eigenvalue weighted by Crippen LogP contribution is -2.56. The standard InChI is InChI=1S/C12H32O3Si4/c1-16(2)13-19(14-17(3)4,15-18(5)6)12-10-8-7-9-11-12/h12,16-18H,7-11H2,1-6H3. The molecule has 0 aromatic rings. The molecule has 1 aliphatic carbocycles. The minimum Gasteiger partial charge on any atom is -0.420 e. The minimum absolute atomic E-state index is 0.584. The van der Waals surface area contributed by atoms with E-state index < -0.39 is 35.9 Å². The summed E-state index contributed by atoms with van der Waals surface area (Å²) in [5.41, 5.74) is 0.584. The van der Waals surface area contributed by atoms with Crippen LogP contribution in [0.2, 0.25) is 44.8 Å². The van der Waals surface area contributed by atoms with Crippen molar-refractivity contribution >= 4 is 35.9 Å². The van der Waals surface area contributed by atoms with Crippen LogP contribution < -0.4 is 0 Å². The van der Waals surface area contributed by atoms with Gasteiger partial charge < -0.3 is 12.3 Å². The van der Waals surface area contributed by atoms with Crippen LogP contribution in [-0.2, 0) is 12.3 Å². The zero-order chi connectivity index (χ0) is 14.5. The van der Waals surface area contributed by atoms with Gasteiger partial charge in [-0.3, -0.25) is 0 Å². The fourth-order valence-corrected chi connectivity index (χ4v) is 16.3. The van der Waals surface area contributed by atoms with Crippen LogP contribution in [-0.4, -0.2) is 35.9 Å². The van der Waals surface area contributed by atoms with Crippen LogP contribution in [0, 0.1) is 0 Å². The SMILES string of the molecule is C[SiH](C)O[Si](O[SiH](C)C)(O[SiH](C)C)C1CCCCC1. The third kappa shape index (κ3) is 5.94. The topological polar surface area (TPSA) is 27.7 Å². The highest BCUT2D eigenvalue weighted by Crippen LogP contribution is 2.39. The molecule has 0 N–H and O–H groups in total. The summed E-state index contributed by atoms with van der Waals surface area (Å²) < 4.78 is 19.5. The van der Waals surface area contributed by atoms with Crippen molar-refractivity contribution in [3.63, 3.8) is 0 Å². The summed E-state index contributed by atoms with van der Waals surface area (Å²) in [6, 6.07) is 0. The van der Waals surface area contributed by atoms with Crippen LogP contribution in [0.5, 0.6) is 0 Å². The molecule has 7 heteroatoms. The van der Waals surface area contributed by atoms with Crippen molar-refractivity contribution in [3.8, 4) is 0 Å². The first-order valence-electron chi connectivity index (χ1n) is 7.89. The van der Waals surface area contributed by atoms with E-state index in [4.69, 9.17) is 12.3 Å². The highest BCUT2D eigenvalue weighted by molar-refractivity contribution is 6.80. The van der Waals surface area contributed by atoms with Gasteiger partial charge in [-0.2, -0.15) is 0 Å². The summed E-state index contributed by atoms with van der Waals surface area (Å²) in [5.74, 6) is 0. The maximum atomic E-state index is 6.50. The molecule has 0 spiro atoms. The van der Waals surface area contributed by atoms with E-state index in [1.165, 1.54) is 32.1 Å². The molecule has 1 aliphatic rings. The molecule has 0 aromatic heterocycles. The molecule has 19 heavy (non-hydrogen) atoms. The summed E-state index contributed by atoms with van der Waals surface area (Å²) in [6.07, 6.45) is 6.55. The second kappa shape index (κ2) is 8.25. The third-order valence-corrected chi connectivity index (χ3v) is 14.5. The molecule has 1 saturated carbocycles. The third-order valence-electron chi connectivity index (χ3n) is 3.31. The zero-order valence-corrected chi connectivity index (χ0v) is 18.0. The second-order valence-electron chi connectivity index (χ2n) is 6.44. The van der Waals surface area contributed by atoms with Crippen LogP contribution in [0.25, 0.3) is 0 Å². The van der Waals surface area contributed by atoms with Gasteiger partial charge in [0, 0.05) is 5.54 Å². The molecule has 0 heterocycles. The van der Waals surface area contributed by atoms with Gasteiger partial charge in [-0.1, -0.05) is 19.3 Å². The highest BCUT2D eigenvalue weighted by atomic mass is 28.5. The van der Waals surface area contributed by atoms with Crippen LogP contribution in [0.15, 0.2) is 0 Å². The van der Waals surface area contributed by atoms with E-state index in [1.54, 1.807) is 0 Å². The molecule has 114 valence electrons. The van der Waals surface area contributed by atoms with E-state index in [0.717, 1.165) is 0 Å². The average molecular weight is 337 g/mol. The second-order valence-corrected chi connectivity index (χ2v) is 17.6. The smallest absolute Gasteiger partial charge is 0.420 e. The van der Waals surface area contributed by atoms with Crippen LogP contribution in [0.4, 0.5) is 0 Å². The van der Waals surface area contributed by atoms with Gasteiger partial charge in [0.1, 0.15) is 0 Å². The van der Waals surface area contributed by atoms with Gasteiger partial charge in [0.15, 0.2) is 27.1 Å². The lowest BCUT2D eigenvalue weighted by atomic mass is 10.0. The van der Waals surface area contributed by atoms with Gasteiger partial charge in [-0.05, 0) is 52.1 Å². The van der Waals surface area contributed by atoms with E-state index in [-0.39, 0.29) is 0 Å². The monoisotopic (exact) mass is 336 g/mol. The summed E-state index contributed by atoms with van der Waals surface area (Å²) in [4.78, 5) is 0. The van der Waals surface area contributed by atoms with Crippen LogP contribution in [0.1, 0.15) is 32.1 Å². The quantitative estimate of drug-likeness (QED) is 0.668. The first-order chi connectivity index (χ1) is 8.85. The predicted octanol–water partition coefficient (Wildman–Crippen LogP) is 3.26. The minimum atomic E-state index is -2.40. The first kappa shape index (κ1) is 17.8. The van der Waals surface area contributed by atoms with Gasteiger partial charge in [0.2, 0.25) is 0 Å². The van der Waals surface area contributed by atoms with E-state index in [2.05, 4.69) is 39.3 Å².